The molecule has 8 heteroatoms. The molecule has 0 saturated carbocycles. The third kappa shape index (κ3) is 2.83. The number of carboxylic acid groups (broad SMARTS) is 1. The lowest BCUT2D eigenvalue weighted by Crippen LogP contribution is -2.43. The smallest absolute Gasteiger partial charge is 0.318 e. The highest BCUT2D eigenvalue weighted by Gasteiger charge is 2.38. The van der Waals surface area contributed by atoms with Crippen molar-refractivity contribution in [2.24, 2.45) is 5.92 Å². The standard InChI is InChI=1S/C11H16N4O4/c1-6-8(10(16)17)3-4-15(6)11(18)12-5-9-13-7(2)19-14-9/h6,8H,3-5H2,1-2H3,(H,12,18)(H,16,17). The molecule has 104 valence electrons. The predicted octanol–water partition coefficient (Wildman–Crippen LogP) is 0.383. The van der Waals surface area contributed by atoms with Crippen LogP contribution in [0.5, 0.6) is 0 Å². The summed E-state index contributed by atoms with van der Waals surface area (Å²) in [4.78, 5) is 28.4. The summed E-state index contributed by atoms with van der Waals surface area (Å²) in [5.41, 5.74) is 0. The largest absolute Gasteiger partial charge is 0.481 e. The number of aromatic nitrogens is 2. The Balaban J connectivity index is 1.89. The molecule has 0 aromatic carbocycles. The molecule has 0 spiro atoms. The van der Waals surface area contributed by atoms with Gasteiger partial charge in [-0.3, -0.25) is 4.79 Å². The number of carboxylic acids is 1. The van der Waals surface area contributed by atoms with E-state index in [-0.39, 0.29) is 18.6 Å². The van der Waals surface area contributed by atoms with Crippen molar-refractivity contribution < 1.29 is 19.2 Å². The van der Waals surface area contributed by atoms with Gasteiger partial charge in [0.25, 0.3) is 0 Å². The molecule has 1 aliphatic rings. The first-order valence-corrected chi connectivity index (χ1v) is 6.05. The van der Waals surface area contributed by atoms with Crippen LogP contribution < -0.4 is 5.32 Å². The van der Waals surface area contributed by atoms with Gasteiger partial charge in [-0.1, -0.05) is 5.16 Å². The lowest BCUT2D eigenvalue weighted by Gasteiger charge is -2.23. The van der Waals surface area contributed by atoms with Gasteiger partial charge < -0.3 is 19.8 Å². The number of nitrogens with zero attached hydrogens (tertiary/aromatic N) is 3. The number of carbonyl (C=O) groups is 2. The molecule has 1 saturated heterocycles. The molecule has 1 aliphatic heterocycles. The van der Waals surface area contributed by atoms with Crippen LogP contribution in [0.15, 0.2) is 4.52 Å². The molecule has 8 nitrogen and oxygen atoms in total. The average molecular weight is 268 g/mol. The van der Waals surface area contributed by atoms with Crippen LogP contribution in [0, 0.1) is 12.8 Å². The van der Waals surface area contributed by atoms with Gasteiger partial charge in [0.1, 0.15) is 0 Å². The van der Waals surface area contributed by atoms with E-state index in [1.165, 1.54) is 4.90 Å². The van der Waals surface area contributed by atoms with E-state index in [1.807, 2.05) is 0 Å². The zero-order valence-corrected chi connectivity index (χ0v) is 10.8. The first kappa shape index (κ1) is 13.3. The fraction of sp³-hybridized carbons (Fsp3) is 0.636. The van der Waals surface area contributed by atoms with E-state index < -0.39 is 11.9 Å². The van der Waals surface area contributed by atoms with Crippen LogP contribution in [0.2, 0.25) is 0 Å². The molecule has 0 bridgehead atoms. The number of hydrogen-bond donors (Lipinski definition) is 2. The van der Waals surface area contributed by atoms with E-state index in [9.17, 15) is 9.59 Å². The maximum Gasteiger partial charge on any atom is 0.318 e. The van der Waals surface area contributed by atoms with Crippen molar-refractivity contribution in [3.8, 4) is 0 Å². The number of aryl methyl sites for hydroxylation is 1. The Morgan fingerprint density at radius 2 is 2.32 bits per heavy atom. The van der Waals surface area contributed by atoms with Crippen molar-refractivity contribution in [2.45, 2.75) is 32.9 Å². The van der Waals surface area contributed by atoms with E-state index in [2.05, 4.69) is 15.5 Å². The van der Waals surface area contributed by atoms with Gasteiger partial charge in [-0.2, -0.15) is 4.98 Å². The number of likely N-dealkylation sites (tertiary alicyclic amines) is 1. The van der Waals surface area contributed by atoms with Crippen LogP contribution in [0.25, 0.3) is 0 Å². The molecule has 19 heavy (non-hydrogen) atoms. The number of rotatable bonds is 3. The molecule has 2 heterocycles. The lowest BCUT2D eigenvalue weighted by atomic mass is 10.0. The summed E-state index contributed by atoms with van der Waals surface area (Å²) in [6, 6.07) is -0.622. The van der Waals surface area contributed by atoms with Gasteiger partial charge >= 0.3 is 12.0 Å². The average Bonchev–Trinajstić information content (AvgIpc) is 2.92. The highest BCUT2D eigenvalue weighted by atomic mass is 16.5. The van der Waals surface area contributed by atoms with Crippen molar-refractivity contribution in [1.29, 1.82) is 0 Å². The Hall–Kier alpha value is -2.12. The van der Waals surface area contributed by atoms with Crippen LogP contribution in [-0.4, -0.2) is 44.7 Å². The minimum atomic E-state index is -0.864. The minimum absolute atomic E-state index is 0.164. The summed E-state index contributed by atoms with van der Waals surface area (Å²) in [5.74, 6) is -0.535. The zero-order chi connectivity index (χ0) is 14.0. The van der Waals surface area contributed by atoms with E-state index in [4.69, 9.17) is 9.63 Å². The fourth-order valence-corrected chi connectivity index (χ4v) is 2.23. The maximum atomic E-state index is 11.9. The number of hydrogen-bond acceptors (Lipinski definition) is 5. The van der Waals surface area contributed by atoms with Gasteiger partial charge in [0.2, 0.25) is 5.89 Å². The van der Waals surface area contributed by atoms with Crippen molar-refractivity contribution in [1.82, 2.24) is 20.4 Å². The second kappa shape index (κ2) is 5.25. The zero-order valence-electron chi connectivity index (χ0n) is 10.8. The van der Waals surface area contributed by atoms with Crippen LogP contribution in [0.4, 0.5) is 4.79 Å². The quantitative estimate of drug-likeness (QED) is 0.820. The fourth-order valence-electron chi connectivity index (χ4n) is 2.23. The second-order valence-electron chi connectivity index (χ2n) is 4.56. The summed E-state index contributed by atoms with van der Waals surface area (Å²) < 4.78 is 4.79. The molecule has 2 N–H and O–H groups in total. The van der Waals surface area contributed by atoms with E-state index in [1.54, 1.807) is 13.8 Å². The lowest BCUT2D eigenvalue weighted by molar-refractivity contribution is -0.142. The molecule has 2 amide bonds. The molecule has 1 aromatic rings. The maximum absolute atomic E-state index is 11.9. The Morgan fingerprint density at radius 3 is 2.84 bits per heavy atom. The van der Waals surface area contributed by atoms with Gasteiger partial charge in [-0.25, -0.2) is 4.79 Å². The van der Waals surface area contributed by atoms with Crippen molar-refractivity contribution in [2.75, 3.05) is 6.54 Å². The normalized spacial score (nSPS) is 22.5. The first-order chi connectivity index (χ1) is 8.99. The number of amides is 2. The van der Waals surface area contributed by atoms with E-state index in [0.717, 1.165) is 0 Å². The Kier molecular flexibility index (Phi) is 3.68. The summed E-state index contributed by atoms with van der Waals surface area (Å²) in [6.07, 6.45) is 0.477. The molecule has 0 radical (unpaired) electrons. The Bertz CT molecular complexity index is 487. The van der Waals surface area contributed by atoms with Gasteiger partial charge in [-0.15, -0.1) is 0 Å². The van der Waals surface area contributed by atoms with Gasteiger partial charge in [0.15, 0.2) is 5.82 Å². The topological polar surface area (TPSA) is 109 Å². The number of urea groups is 1. The number of nitrogens with one attached hydrogen (secondary N) is 1. The SMILES string of the molecule is Cc1nc(CNC(=O)N2CCC(C(=O)O)C2C)no1. The highest BCUT2D eigenvalue weighted by molar-refractivity contribution is 5.78. The molecule has 0 aliphatic carbocycles. The summed E-state index contributed by atoms with van der Waals surface area (Å²) >= 11 is 0. The third-order valence-corrected chi connectivity index (χ3v) is 3.30. The van der Waals surface area contributed by atoms with Crippen LogP contribution >= 0.6 is 0 Å². The van der Waals surface area contributed by atoms with Crippen molar-refractivity contribution in [3.63, 3.8) is 0 Å². The predicted molar refractivity (Wildman–Crippen MR) is 63.2 cm³/mol. The monoisotopic (exact) mass is 268 g/mol. The van der Waals surface area contributed by atoms with E-state index >= 15 is 0 Å². The minimum Gasteiger partial charge on any atom is -0.481 e. The summed E-state index contributed by atoms with van der Waals surface area (Å²) in [5, 5.41) is 15.3. The van der Waals surface area contributed by atoms with Gasteiger partial charge in [0, 0.05) is 19.5 Å². The van der Waals surface area contributed by atoms with Crippen molar-refractivity contribution >= 4 is 12.0 Å². The molecule has 2 atom stereocenters. The molecule has 1 fully saturated rings. The molecule has 1 aromatic heterocycles. The molecular weight excluding hydrogens is 252 g/mol. The first-order valence-electron chi connectivity index (χ1n) is 6.05. The number of aliphatic carboxylic acids is 1. The number of carbonyl (C=O) groups excluding carboxylic acids is 1. The Labute approximate surface area is 109 Å². The summed E-state index contributed by atoms with van der Waals surface area (Å²) in [7, 11) is 0. The van der Waals surface area contributed by atoms with Gasteiger partial charge in [0.05, 0.1) is 12.5 Å². The van der Waals surface area contributed by atoms with Crippen LogP contribution in [-0.2, 0) is 11.3 Å². The van der Waals surface area contributed by atoms with Crippen LogP contribution in [0.3, 0.4) is 0 Å². The van der Waals surface area contributed by atoms with Crippen LogP contribution in [0.1, 0.15) is 25.1 Å². The van der Waals surface area contributed by atoms with Crippen molar-refractivity contribution in [3.05, 3.63) is 11.7 Å². The molecular formula is C11H16N4O4. The Morgan fingerprint density at radius 1 is 1.58 bits per heavy atom. The molecule has 2 unspecified atom stereocenters. The second-order valence-corrected chi connectivity index (χ2v) is 4.56. The highest BCUT2D eigenvalue weighted by Crippen LogP contribution is 2.24. The van der Waals surface area contributed by atoms with Gasteiger partial charge in [-0.05, 0) is 13.3 Å². The molecule has 2 rings (SSSR count). The van der Waals surface area contributed by atoms with E-state index in [0.29, 0.717) is 24.7 Å². The summed E-state index contributed by atoms with van der Waals surface area (Å²) in [6.45, 7) is 4.01. The third-order valence-electron chi connectivity index (χ3n) is 3.30.